The van der Waals surface area contributed by atoms with E-state index in [4.69, 9.17) is 5.11 Å². The van der Waals surface area contributed by atoms with Gasteiger partial charge < -0.3 is 14.9 Å². The van der Waals surface area contributed by atoms with Crippen LogP contribution in [0.15, 0.2) is 6.20 Å². The second-order valence-corrected chi connectivity index (χ2v) is 2.78. The molecule has 0 aromatic carbocycles. The summed E-state index contributed by atoms with van der Waals surface area (Å²) in [6.45, 7) is 1.45. The van der Waals surface area contributed by atoms with E-state index in [1.165, 1.54) is 6.92 Å². The summed E-state index contributed by atoms with van der Waals surface area (Å²) in [6.07, 6.45) is 1.00. The molecule has 1 rings (SSSR count). The van der Waals surface area contributed by atoms with E-state index in [2.05, 4.69) is 9.72 Å². The molecule has 0 aliphatic rings. The lowest BCUT2D eigenvalue weighted by Crippen LogP contribution is -2.11. The number of pyridine rings is 1. The predicted molar refractivity (Wildman–Crippen MR) is 48.9 cm³/mol. The van der Waals surface area contributed by atoms with Crippen molar-refractivity contribution in [1.82, 2.24) is 4.98 Å². The molecular weight excluding hydrogens is 202 g/mol. The zero-order chi connectivity index (χ0) is 11.6. The molecule has 0 aliphatic heterocycles. The third-order valence-corrected chi connectivity index (χ3v) is 1.86. The maximum absolute atomic E-state index is 11.2. The quantitative estimate of drug-likeness (QED) is 0.694. The van der Waals surface area contributed by atoms with E-state index in [1.54, 1.807) is 0 Å². The van der Waals surface area contributed by atoms with Crippen LogP contribution in [0.1, 0.15) is 26.4 Å². The first-order valence-electron chi connectivity index (χ1n) is 3.99. The standard InChI is InChI=1S/C9H9NO5/c1-4-7(11)6(9(14)15-2)5(3-10-4)8(12)13/h3,11H,1-2H3,(H,12,13). The van der Waals surface area contributed by atoms with Crippen LogP contribution in [0.3, 0.4) is 0 Å². The molecule has 6 heteroatoms. The van der Waals surface area contributed by atoms with E-state index < -0.39 is 17.7 Å². The molecule has 15 heavy (non-hydrogen) atoms. The summed E-state index contributed by atoms with van der Waals surface area (Å²) in [6, 6.07) is 0. The summed E-state index contributed by atoms with van der Waals surface area (Å²) in [4.78, 5) is 25.6. The second-order valence-electron chi connectivity index (χ2n) is 2.78. The molecule has 0 unspecified atom stereocenters. The molecular formula is C9H9NO5. The minimum atomic E-state index is -1.35. The first kappa shape index (κ1) is 11.0. The van der Waals surface area contributed by atoms with Crippen molar-refractivity contribution in [2.24, 2.45) is 0 Å². The number of aromatic hydroxyl groups is 1. The first-order chi connectivity index (χ1) is 6.99. The average Bonchev–Trinajstić information content (AvgIpc) is 2.20. The number of carboxylic acids is 1. The molecule has 2 N–H and O–H groups in total. The summed E-state index contributed by atoms with van der Waals surface area (Å²) in [7, 11) is 1.10. The van der Waals surface area contributed by atoms with Crippen LogP contribution in [0.4, 0.5) is 0 Å². The molecule has 0 bridgehead atoms. The fourth-order valence-corrected chi connectivity index (χ4v) is 1.07. The number of carboxylic acid groups (broad SMARTS) is 1. The van der Waals surface area contributed by atoms with Gasteiger partial charge in [0.2, 0.25) is 0 Å². The monoisotopic (exact) mass is 211 g/mol. The molecule has 0 spiro atoms. The molecule has 0 amide bonds. The van der Waals surface area contributed by atoms with Crippen LogP contribution >= 0.6 is 0 Å². The fraction of sp³-hybridized carbons (Fsp3) is 0.222. The van der Waals surface area contributed by atoms with Gasteiger partial charge in [-0.2, -0.15) is 0 Å². The van der Waals surface area contributed by atoms with E-state index in [1.807, 2.05) is 0 Å². The molecule has 1 heterocycles. The van der Waals surface area contributed by atoms with Crippen molar-refractivity contribution < 1.29 is 24.5 Å². The maximum atomic E-state index is 11.2. The average molecular weight is 211 g/mol. The van der Waals surface area contributed by atoms with Crippen LogP contribution in [0.5, 0.6) is 5.75 Å². The minimum absolute atomic E-state index is 0.167. The summed E-state index contributed by atoms with van der Waals surface area (Å²) in [5, 5.41) is 18.3. The number of ether oxygens (including phenoxy) is 1. The summed E-state index contributed by atoms with van der Waals surface area (Å²) < 4.78 is 4.37. The zero-order valence-electron chi connectivity index (χ0n) is 8.14. The number of aromatic carboxylic acids is 1. The van der Waals surface area contributed by atoms with Crippen molar-refractivity contribution >= 4 is 11.9 Å². The highest BCUT2D eigenvalue weighted by atomic mass is 16.5. The summed E-state index contributed by atoms with van der Waals surface area (Å²) >= 11 is 0. The van der Waals surface area contributed by atoms with E-state index in [0.29, 0.717) is 0 Å². The molecule has 0 atom stereocenters. The largest absolute Gasteiger partial charge is 0.505 e. The molecule has 6 nitrogen and oxygen atoms in total. The Hall–Kier alpha value is -2.11. The van der Waals surface area contributed by atoms with Crippen LogP contribution in [-0.4, -0.2) is 34.2 Å². The van der Waals surface area contributed by atoms with Gasteiger partial charge in [-0.1, -0.05) is 0 Å². The number of carbonyl (C=O) groups excluding carboxylic acids is 1. The zero-order valence-corrected chi connectivity index (χ0v) is 8.14. The van der Waals surface area contributed by atoms with Crippen molar-refractivity contribution in [3.05, 3.63) is 23.0 Å². The molecule has 0 fully saturated rings. The highest BCUT2D eigenvalue weighted by Gasteiger charge is 2.23. The molecule has 0 saturated heterocycles. The van der Waals surface area contributed by atoms with Crippen molar-refractivity contribution in [3.63, 3.8) is 0 Å². The molecule has 0 radical (unpaired) electrons. The number of aromatic nitrogens is 1. The number of esters is 1. The van der Waals surface area contributed by atoms with Crippen molar-refractivity contribution in [1.29, 1.82) is 0 Å². The summed E-state index contributed by atoms with van der Waals surface area (Å²) in [5.74, 6) is -2.73. The van der Waals surface area contributed by atoms with Gasteiger partial charge >= 0.3 is 11.9 Å². The Labute approximate surface area is 85.1 Å². The summed E-state index contributed by atoms with van der Waals surface area (Å²) in [5.41, 5.74) is -0.595. The van der Waals surface area contributed by atoms with Gasteiger partial charge in [0.15, 0.2) is 5.75 Å². The lowest BCUT2D eigenvalue weighted by atomic mass is 10.1. The van der Waals surface area contributed by atoms with Crippen LogP contribution in [0, 0.1) is 6.92 Å². The molecule has 80 valence electrons. The van der Waals surface area contributed by atoms with Gasteiger partial charge in [0.05, 0.1) is 18.4 Å². The normalized spacial score (nSPS) is 9.73. The van der Waals surface area contributed by atoms with E-state index in [0.717, 1.165) is 13.3 Å². The van der Waals surface area contributed by atoms with Crippen LogP contribution in [0.25, 0.3) is 0 Å². The van der Waals surface area contributed by atoms with E-state index in [9.17, 15) is 14.7 Å². The van der Waals surface area contributed by atoms with Crippen molar-refractivity contribution in [2.45, 2.75) is 6.92 Å². The minimum Gasteiger partial charge on any atom is -0.505 e. The van der Waals surface area contributed by atoms with Crippen molar-refractivity contribution in [2.75, 3.05) is 7.11 Å². The van der Waals surface area contributed by atoms with Crippen LogP contribution < -0.4 is 0 Å². The first-order valence-corrected chi connectivity index (χ1v) is 3.99. The number of hydrogen-bond donors (Lipinski definition) is 2. The number of rotatable bonds is 2. The Morgan fingerprint density at radius 3 is 2.53 bits per heavy atom. The van der Waals surface area contributed by atoms with Crippen LogP contribution in [0.2, 0.25) is 0 Å². The van der Waals surface area contributed by atoms with Gasteiger partial charge in [0, 0.05) is 6.20 Å². The molecule has 0 aliphatic carbocycles. The second kappa shape index (κ2) is 3.95. The van der Waals surface area contributed by atoms with Crippen LogP contribution in [-0.2, 0) is 4.74 Å². The van der Waals surface area contributed by atoms with Crippen molar-refractivity contribution in [3.8, 4) is 5.75 Å². The number of carbonyl (C=O) groups is 2. The van der Waals surface area contributed by atoms with E-state index in [-0.39, 0.29) is 16.8 Å². The molecule has 1 aromatic rings. The van der Waals surface area contributed by atoms with Gasteiger partial charge in [-0.05, 0) is 6.92 Å². The molecule has 0 saturated carbocycles. The van der Waals surface area contributed by atoms with Gasteiger partial charge in [-0.25, -0.2) is 9.59 Å². The number of methoxy groups -OCH3 is 1. The Bertz CT molecular complexity index is 427. The molecule has 1 aromatic heterocycles. The Morgan fingerprint density at radius 1 is 1.47 bits per heavy atom. The smallest absolute Gasteiger partial charge is 0.342 e. The third kappa shape index (κ3) is 1.88. The van der Waals surface area contributed by atoms with Gasteiger partial charge in [-0.15, -0.1) is 0 Å². The van der Waals surface area contributed by atoms with Gasteiger partial charge in [0.1, 0.15) is 5.56 Å². The Morgan fingerprint density at radius 2 is 2.07 bits per heavy atom. The topological polar surface area (TPSA) is 96.7 Å². The Balaban J connectivity index is 3.48. The maximum Gasteiger partial charge on any atom is 0.342 e. The van der Waals surface area contributed by atoms with Gasteiger partial charge in [0.25, 0.3) is 0 Å². The predicted octanol–water partition coefficient (Wildman–Crippen LogP) is 0.580. The Kier molecular flexibility index (Phi) is 2.89. The lowest BCUT2D eigenvalue weighted by molar-refractivity contribution is 0.0578. The van der Waals surface area contributed by atoms with E-state index >= 15 is 0 Å². The highest BCUT2D eigenvalue weighted by Crippen LogP contribution is 2.24. The SMILES string of the molecule is COC(=O)c1c(C(=O)O)cnc(C)c1O. The fourth-order valence-electron chi connectivity index (χ4n) is 1.07. The highest BCUT2D eigenvalue weighted by molar-refractivity contribution is 6.04. The van der Waals surface area contributed by atoms with Gasteiger partial charge in [-0.3, -0.25) is 4.98 Å². The third-order valence-electron chi connectivity index (χ3n) is 1.86. The number of aryl methyl sites for hydroxylation is 1. The number of hydrogen-bond acceptors (Lipinski definition) is 5. The lowest BCUT2D eigenvalue weighted by Gasteiger charge is -2.07. The number of nitrogens with zero attached hydrogens (tertiary/aromatic N) is 1.